The van der Waals surface area contributed by atoms with Gasteiger partial charge >= 0.3 is 12.1 Å². The highest BCUT2D eigenvalue weighted by molar-refractivity contribution is 5.89. The number of hydrogen-bond acceptors (Lipinski definition) is 3. The van der Waals surface area contributed by atoms with Gasteiger partial charge in [-0.2, -0.15) is 13.2 Å². The van der Waals surface area contributed by atoms with E-state index in [-0.39, 0.29) is 6.61 Å². The minimum Gasteiger partial charge on any atom is -0.462 e. The number of carbonyl (C=O) groups excluding carboxylic acids is 1. The molecule has 0 radical (unpaired) electrons. The van der Waals surface area contributed by atoms with Crippen molar-refractivity contribution in [1.82, 2.24) is 0 Å². The number of alkyl halides is 3. The van der Waals surface area contributed by atoms with Crippen molar-refractivity contribution in [3.05, 3.63) is 35.4 Å². The highest BCUT2D eigenvalue weighted by Crippen LogP contribution is 2.27. The van der Waals surface area contributed by atoms with Crippen LogP contribution < -0.4 is 0 Å². The quantitative estimate of drug-likeness (QED) is 0.840. The van der Waals surface area contributed by atoms with Gasteiger partial charge in [-0.25, -0.2) is 4.79 Å². The number of halogens is 3. The average molecular weight is 276 g/mol. The third-order valence-electron chi connectivity index (χ3n) is 2.51. The maximum absolute atomic E-state index is 12.0. The fourth-order valence-corrected chi connectivity index (χ4v) is 1.52. The molecule has 0 saturated carbocycles. The molecule has 0 amide bonds. The molecular formula is C13H15F3O3. The van der Waals surface area contributed by atoms with Gasteiger partial charge < -0.3 is 9.84 Å². The largest absolute Gasteiger partial charge is 0.462 e. The highest BCUT2D eigenvalue weighted by Gasteiger charge is 2.28. The lowest BCUT2D eigenvalue weighted by Gasteiger charge is -2.13. The Morgan fingerprint density at radius 2 is 1.89 bits per heavy atom. The van der Waals surface area contributed by atoms with Gasteiger partial charge in [0.15, 0.2) is 0 Å². The van der Waals surface area contributed by atoms with Gasteiger partial charge in [0.2, 0.25) is 0 Å². The highest BCUT2D eigenvalue weighted by atomic mass is 19.4. The molecule has 19 heavy (non-hydrogen) atoms. The topological polar surface area (TPSA) is 46.5 Å². The second-order valence-corrected chi connectivity index (χ2v) is 4.01. The van der Waals surface area contributed by atoms with Crippen molar-refractivity contribution in [3.8, 4) is 0 Å². The minimum atomic E-state index is -4.29. The van der Waals surface area contributed by atoms with Gasteiger partial charge in [0.1, 0.15) is 0 Å². The summed E-state index contributed by atoms with van der Waals surface area (Å²) in [4.78, 5) is 11.3. The van der Waals surface area contributed by atoms with Gasteiger partial charge in [0.25, 0.3) is 0 Å². The zero-order valence-electron chi connectivity index (χ0n) is 10.4. The number of aliphatic hydroxyl groups excluding tert-OH is 1. The first kappa shape index (κ1) is 15.5. The molecule has 0 fully saturated rings. The van der Waals surface area contributed by atoms with Crippen LogP contribution in [0.2, 0.25) is 0 Å². The Hall–Kier alpha value is -1.56. The SMILES string of the molecule is CCOC(=O)c1ccc([C@@H](O)CCC(F)(F)F)cc1. The summed E-state index contributed by atoms with van der Waals surface area (Å²) in [5, 5.41) is 9.60. The van der Waals surface area contributed by atoms with E-state index in [1.165, 1.54) is 24.3 Å². The van der Waals surface area contributed by atoms with Crippen molar-refractivity contribution in [2.45, 2.75) is 32.0 Å². The lowest BCUT2D eigenvalue weighted by atomic mass is 10.0. The lowest BCUT2D eigenvalue weighted by Crippen LogP contribution is -2.10. The maximum Gasteiger partial charge on any atom is 0.389 e. The van der Waals surface area contributed by atoms with Crippen LogP contribution in [0.15, 0.2) is 24.3 Å². The van der Waals surface area contributed by atoms with Gasteiger partial charge in [-0.1, -0.05) is 12.1 Å². The van der Waals surface area contributed by atoms with Gasteiger partial charge in [0.05, 0.1) is 18.3 Å². The van der Waals surface area contributed by atoms with E-state index in [0.717, 1.165) is 0 Å². The summed E-state index contributed by atoms with van der Waals surface area (Å²) in [7, 11) is 0. The third-order valence-corrected chi connectivity index (χ3v) is 2.51. The first-order valence-corrected chi connectivity index (χ1v) is 5.85. The zero-order valence-corrected chi connectivity index (χ0v) is 10.4. The fraction of sp³-hybridized carbons (Fsp3) is 0.462. The van der Waals surface area contributed by atoms with Crippen LogP contribution in [0.5, 0.6) is 0 Å². The van der Waals surface area contributed by atoms with Crippen molar-refractivity contribution in [1.29, 1.82) is 0 Å². The zero-order chi connectivity index (χ0) is 14.5. The van der Waals surface area contributed by atoms with E-state index >= 15 is 0 Å². The fourth-order valence-electron chi connectivity index (χ4n) is 1.52. The van der Waals surface area contributed by atoms with Crippen LogP contribution >= 0.6 is 0 Å². The van der Waals surface area contributed by atoms with Crippen molar-refractivity contribution >= 4 is 5.97 Å². The van der Waals surface area contributed by atoms with Crippen LogP contribution in [0, 0.1) is 0 Å². The van der Waals surface area contributed by atoms with Crippen LogP contribution in [0.25, 0.3) is 0 Å². The van der Waals surface area contributed by atoms with Crippen LogP contribution in [-0.2, 0) is 4.74 Å². The molecule has 0 aliphatic rings. The van der Waals surface area contributed by atoms with Crippen LogP contribution in [0.4, 0.5) is 13.2 Å². The summed E-state index contributed by atoms with van der Waals surface area (Å²) in [6, 6.07) is 5.69. The second kappa shape index (κ2) is 6.56. The molecule has 0 spiro atoms. The smallest absolute Gasteiger partial charge is 0.389 e. The van der Waals surface area contributed by atoms with E-state index in [4.69, 9.17) is 4.74 Å². The molecule has 0 aromatic heterocycles. The molecule has 1 atom stereocenters. The second-order valence-electron chi connectivity index (χ2n) is 4.01. The van der Waals surface area contributed by atoms with Gasteiger partial charge in [-0.3, -0.25) is 0 Å². The van der Waals surface area contributed by atoms with E-state index in [1.54, 1.807) is 6.92 Å². The van der Waals surface area contributed by atoms with Gasteiger partial charge in [0, 0.05) is 6.42 Å². The Kier molecular flexibility index (Phi) is 5.35. The Bertz CT molecular complexity index is 412. The number of hydrogen-bond donors (Lipinski definition) is 1. The number of aliphatic hydroxyl groups is 1. The molecule has 0 heterocycles. The first-order valence-electron chi connectivity index (χ1n) is 5.85. The van der Waals surface area contributed by atoms with Crippen molar-refractivity contribution in [2.24, 2.45) is 0 Å². The molecule has 1 rings (SSSR count). The standard InChI is InChI=1S/C13H15F3O3/c1-2-19-12(18)10-5-3-9(4-6-10)11(17)7-8-13(14,15)16/h3-6,11,17H,2,7-8H2,1H3/t11-/m0/s1. The first-order chi connectivity index (χ1) is 8.83. The van der Waals surface area contributed by atoms with Gasteiger partial charge in [-0.05, 0) is 31.0 Å². The van der Waals surface area contributed by atoms with Crippen LogP contribution in [-0.4, -0.2) is 23.9 Å². The van der Waals surface area contributed by atoms with Crippen molar-refractivity contribution in [2.75, 3.05) is 6.61 Å². The summed E-state index contributed by atoms with van der Waals surface area (Å²) in [5.74, 6) is -0.501. The summed E-state index contributed by atoms with van der Waals surface area (Å²) in [6.07, 6.45) is -6.93. The number of esters is 1. The molecular weight excluding hydrogens is 261 g/mol. The van der Waals surface area contributed by atoms with Crippen molar-refractivity contribution in [3.63, 3.8) is 0 Å². The molecule has 106 valence electrons. The van der Waals surface area contributed by atoms with E-state index in [2.05, 4.69) is 0 Å². The Morgan fingerprint density at radius 1 is 1.32 bits per heavy atom. The lowest BCUT2D eigenvalue weighted by molar-refractivity contribution is -0.140. The van der Waals surface area contributed by atoms with E-state index in [9.17, 15) is 23.1 Å². The third kappa shape index (κ3) is 5.30. The molecule has 1 aromatic carbocycles. The predicted octanol–water partition coefficient (Wildman–Crippen LogP) is 3.24. The number of rotatable bonds is 5. The average Bonchev–Trinajstić information content (AvgIpc) is 2.35. The molecule has 0 saturated heterocycles. The summed E-state index contributed by atoms with van der Waals surface area (Å²) in [5.41, 5.74) is 0.644. The predicted molar refractivity (Wildman–Crippen MR) is 62.6 cm³/mol. The Labute approximate surface area is 109 Å². The molecule has 0 aliphatic carbocycles. The molecule has 6 heteroatoms. The van der Waals surface area contributed by atoms with Crippen LogP contribution in [0.1, 0.15) is 41.8 Å². The molecule has 0 unspecified atom stereocenters. The van der Waals surface area contributed by atoms with Gasteiger partial charge in [-0.15, -0.1) is 0 Å². The van der Waals surface area contributed by atoms with Crippen molar-refractivity contribution < 1.29 is 27.8 Å². The summed E-state index contributed by atoms with van der Waals surface area (Å²) < 4.78 is 40.8. The molecule has 1 aromatic rings. The molecule has 0 aliphatic heterocycles. The summed E-state index contributed by atoms with van der Waals surface area (Å²) >= 11 is 0. The Morgan fingerprint density at radius 3 is 2.37 bits per heavy atom. The Balaban J connectivity index is 2.63. The van der Waals surface area contributed by atoms with Crippen LogP contribution in [0.3, 0.4) is 0 Å². The maximum atomic E-state index is 12.0. The normalized spacial score (nSPS) is 13.1. The monoisotopic (exact) mass is 276 g/mol. The minimum absolute atomic E-state index is 0.245. The number of benzene rings is 1. The van der Waals surface area contributed by atoms with E-state index < -0.39 is 31.1 Å². The number of carbonyl (C=O) groups is 1. The van der Waals surface area contributed by atoms with E-state index in [1.807, 2.05) is 0 Å². The molecule has 3 nitrogen and oxygen atoms in total. The molecule has 0 bridgehead atoms. The molecule has 1 N–H and O–H groups in total. The summed E-state index contributed by atoms with van der Waals surface area (Å²) in [6.45, 7) is 1.92. The number of ether oxygens (including phenoxy) is 1. The van der Waals surface area contributed by atoms with E-state index in [0.29, 0.717) is 11.1 Å².